The van der Waals surface area contributed by atoms with Crippen LogP contribution in [-0.4, -0.2) is 19.2 Å². The number of nitriles is 1. The molecule has 1 aromatic carbocycles. The molecule has 0 aliphatic carbocycles. The maximum atomic E-state index is 8.90. The van der Waals surface area contributed by atoms with Gasteiger partial charge < -0.3 is 14.8 Å². The summed E-state index contributed by atoms with van der Waals surface area (Å²) in [6, 6.07) is 7.50. The average molecular weight is 261 g/mol. The van der Waals surface area contributed by atoms with E-state index in [1.165, 1.54) is 11.3 Å². The van der Waals surface area contributed by atoms with Crippen LogP contribution >= 0.6 is 11.3 Å². The monoisotopic (exact) mass is 261 g/mol. The number of nitrogens with one attached hydrogen (secondary N) is 1. The maximum absolute atomic E-state index is 8.90. The number of anilines is 2. The van der Waals surface area contributed by atoms with E-state index in [0.717, 1.165) is 5.69 Å². The molecule has 0 unspecified atom stereocenters. The minimum absolute atomic E-state index is 0.546. The molecule has 0 amide bonds. The first-order valence-corrected chi connectivity index (χ1v) is 5.99. The Morgan fingerprint density at radius 1 is 1.28 bits per heavy atom. The lowest BCUT2D eigenvalue weighted by molar-refractivity contribution is 0.355. The first-order valence-electron chi connectivity index (χ1n) is 5.11. The zero-order chi connectivity index (χ0) is 13.0. The van der Waals surface area contributed by atoms with Crippen LogP contribution < -0.4 is 14.8 Å². The van der Waals surface area contributed by atoms with Crippen LogP contribution in [-0.2, 0) is 0 Å². The van der Waals surface area contributed by atoms with Crippen LogP contribution in [0.1, 0.15) is 4.88 Å². The molecule has 5 nitrogen and oxygen atoms in total. The highest BCUT2D eigenvalue weighted by molar-refractivity contribution is 7.10. The van der Waals surface area contributed by atoms with Crippen molar-refractivity contribution in [2.24, 2.45) is 0 Å². The fourth-order valence-electron chi connectivity index (χ4n) is 1.47. The van der Waals surface area contributed by atoms with Gasteiger partial charge in [-0.3, -0.25) is 0 Å². The van der Waals surface area contributed by atoms with E-state index in [0.29, 0.717) is 22.2 Å². The van der Waals surface area contributed by atoms with Gasteiger partial charge in [-0.2, -0.15) is 5.26 Å². The summed E-state index contributed by atoms with van der Waals surface area (Å²) in [4.78, 5) is 4.64. The van der Waals surface area contributed by atoms with Gasteiger partial charge in [0.1, 0.15) is 10.9 Å². The zero-order valence-electron chi connectivity index (χ0n) is 9.93. The van der Waals surface area contributed by atoms with E-state index in [2.05, 4.69) is 16.4 Å². The topological polar surface area (TPSA) is 67.2 Å². The van der Waals surface area contributed by atoms with Crippen molar-refractivity contribution in [1.29, 1.82) is 5.26 Å². The Balaban J connectivity index is 2.28. The number of nitrogens with zero attached hydrogens (tertiary/aromatic N) is 2. The van der Waals surface area contributed by atoms with Crippen LogP contribution in [0.3, 0.4) is 0 Å². The molecule has 92 valence electrons. The van der Waals surface area contributed by atoms with E-state index in [1.54, 1.807) is 31.9 Å². The summed E-state index contributed by atoms with van der Waals surface area (Å²) in [5.41, 5.74) is 2.41. The van der Waals surface area contributed by atoms with Crippen molar-refractivity contribution >= 4 is 22.8 Å². The summed E-state index contributed by atoms with van der Waals surface area (Å²) in [6.45, 7) is 0. The van der Waals surface area contributed by atoms with Crippen molar-refractivity contribution < 1.29 is 9.47 Å². The molecule has 2 rings (SSSR count). The minimum atomic E-state index is 0.546. The number of hydrogen-bond donors (Lipinski definition) is 1. The summed E-state index contributed by atoms with van der Waals surface area (Å²) in [5.74, 6) is 1.83. The summed E-state index contributed by atoms with van der Waals surface area (Å²) >= 11 is 1.30. The third-order valence-electron chi connectivity index (χ3n) is 2.32. The second-order valence-electron chi connectivity index (χ2n) is 3.34. The molecular weight excluding hydrogens is 250 g/mol. The molecule has 0 atom stereocenters. The predicted octanol–water partition coefficient (Wildman–Crippen LogP) is 2.78. The van der Waals surface area contributed by atoms with Gasteiger partial charge in [-0.25, -0.2) is 4.98 Å². The van der Waals surface area contributed by atoms with E-state index in [1.807, 2.05) is 6.07 Å². The SMILES string of the molecule is COc1ccc(Nc2ncsc2C#N)cc1OC. The summed E-state index contributed by atoms with van der Waals surface area (Å²) in [7, 11) is 3.16. The molecule has 0 saturated heterocycles. The predicted molar refractivity (Wildman–Crippen MR) is 69.7 cm³/mol. The van der Waals surface area contributed by atoms with Crippen LogP contribution in [0.5, 0.6) is 11.5 Å². The molecule has 18 heavy (non-hydrogen) atoms. The number of ether oxygens (including phenoxy) is 2. The van der Waals surface area contributed by atoms with Gasteiger partial charge in [0.05, 0.1) is 19.7 Å². The summed E-state index contributed by atoms with van der Waals surface area (Å²) < 4.78 is 10.4. The Bertz CT molecular complexity index is 589. The Morgan fingerprint density at radius 2 is 2.06 bits per heavy atom. The number of hydrogen-bond acceptors (Lipinski definition) is 6. The smallest absolute Gasteiger partial charge is 0.162 e. The molecule has 0 fully saturated rings. The lowest BCUT2D eigenvalue weighted by atomic mass is 10.2. The standard InChI is InChI=1S/C12H11N3O2S/c1-16-9-4-3-8(5-10(9)17-2)15-12-11(6-13)18-7-14-12/h3-5,7,15H,1-2H3. The molecule has 1 N–H and O–H groups in total. The lowest BCUT2D eigenvalue weighted by Crippen LogP contribution is -1.95. The molecule has 0 bridgehead atoms. The molecule has 0 aliphatic heterocycles. The highest BCUT2D eigenvalue weighted by Crippen LogP contribution is 2.31. The highest BCUT2D eigenvalue weighted by Gasteiger charge is 2.08. The van der Waals surface area contributed by atoms with Gasteiger partial charge >= 0.3 is 0 Å². The largest absolute Gasteiger partial charge is 0.493 e. The molecule has 6 heteroatoms. The van der Waals surface area contributed by atoms with E-state index >= 15 is 0 Å². The molecule has 1 heterocycles. The lowest BCUT2D eigenvalue weighted by Gasteiger charge is -2.10. The van der Waals surface area contributed by atoms with Crippen LogP contribution in [0.2, 0.25) is 0 Å². The van der Waals surface area contributed by atoms with E-state index in [9.17, 15) is 0 Å². The zero-order valence-corrected chi connectivity index (χ0v) is 10.7. The molecule has 0 aliphatic rings. The first-order chi connectivity index (χ1) is 8.78. The van der Waals surface area contributed by atoms with E-state index < -0.39 is 0 Å². The normalized spacial score (nSPS) is 9.61. The molecule has 1 aromatic heterocycles. The fourth-order valence-corrected chi connectivity index (χ4v) is 2.00. The Hall–Kier alpha value is -2.26. The van der Waals surface area contributed by atoms with Gasteiger partial charge in [-0.05, 0) is 12.1 Å². The van der Waals surface area contributed by atoms with Crippen LogP contribution in [0, 0.1) is 11.3 Å². The minimum Gasteiger partial charge on any atom is -0.493 e. The molecule has 0 radical (unpaired) electrons. The summed E-state index contributed by atoms with van der Waals surface area (Å²) in [5, 5.41) is 12.0. The van der Waals surface area contributed by atoms with E-state index in [4.69, 9.17) is 14.7 Å². The third kappa shape index (κ3) is 2.36. The van der Waals surface area contributed by atoms with Crippen molar-refractivity contribution in [3.63, 3.8) is 0 Å². The number of aromatic nitrogens is 1. The Labute approximate surface area is 109 Å². The number of methoxy groups -OCH3 is 2. The number of benzene rings is 1. The molecule has 2 aromatic rings. The molecule has 0 saturated carbocycles. The quantitative estimate of drug-likeness (QED) is 0.916. The van der Waals surface area contributed by atoms with Gasteiger partial charge in [-0.15, -0.1) is 11.3 Å². The van der Waals surface area contributed by atoms with Gasteiger partial charge in [0.2, 0.25) is 0 Å². The maximum Gasteiger partial charge on any atom is 0.162 e. The van der Waals surface area contributed by atoms with Crippen molar-refractivity contribution in [2.45, 2.75) is 0 Å². The van der Waals surface area contributed by atoms with Gasteiger partial charge in [0.15, 0.2) is 17.3 Å². The highest BCUT2D eigenvalue weighted by atomic mass is 32.1. The van der Waals surface area contributed by atoms with Gasteiger partial charge in [0, 0.05) is 11.8 Å². The molecule has 0 spiro atoms. The average Bonchev–Trinajstić information content (AvgIpc) is 2.85. The third-order valence-corrected chi connectivity index (χ3v) is 3.05. The van der Waals surface area contributed by atoms with Crippen LogP contribution in [0.25, 0.3) is 0 Å². The van der Waals surface area contributed by atoms with Gasteiger partial charge in [0.25, 0.3) is 0 Å². The summed E-state index contributed by atoms with van der Waals surface area (Å²) in [6.07, 6.45) is 0. The second-order valence-corrected chi connectivity index (χ2v) is 4.19. The van der Waals surface area contributed by atoms with Crippen LogP contribution in [0.15, 0.2) is 23.7 Å². The van der Waals surface area contributed by atoms with E-state index in [-0.39, 0.29) is 0 Å². The second kappa shape index (κ2) is 5.38. The number of rotatable bonds is 4. The van der Waals surface area contributed by atoms with Crippen LogP contribution in [0.4, 0.5) is 11.5 Å². The Kier molecular flexibility index (Phi) is 3.65. The van der Waals surface area contributed by atoms with Gasteiger partial charge in [-0.1, -0.05) is 0 Å². The van der Waals surface area contributed by atoms with Crippen molar-refractivity contribution in [3.05, 3.63) is 28.6 Å². The van der Waals surface area contributed by atoms with Crippen molar-refractivity contribution in [3.8, 4) is 17.6 Å². The fraction of sp³-hybridized carbons (Fsp3) is 0.167. The number of thiazole rings is 1. The molecular formula is C12H11N3O2S. The first kappa shape index (κ1) is 12.2. The van der Waals surface area contributed by atoms with Crippen molar-refractivity contribution in [1.82, 2.24) is 4.98 Å². The van der Waals surface area contributed by atoms with Crippen molar-refractivity contribution in [2.75, 3.05) is 19.5 Å². The Morgan fingerprint density at radius 3 is 2.72 bits per heavy atom.